The van der Waals surface area contributed by atoms with Gasteiger partial charge < -0.3 is 15.4 Å². The minimum absolute atomic E-state index is 0.0264. The first-order valence-electron chi connectivity index (χ1n) is 8.98. The Morgan fingerprint density at radius 2 is 1.58 bits per heavy atom. The van der Waals surface area contributed by atoms with Crippen molar-refractivity contribution < 1.29 is 31.9 Å². The monoisotopic (exact) mass is 432 g/mol. The number of nitrogens with one attached hydrogen (secondary N) is 2. The number of para-hydroxylation sites is 1. The molecule has 5 nitrogen and oxygen atoms in total. The van der Waals surface area contributed by atoms with E-state index < -0.39 is 36.0 Å². The lowest BCUT2D eigenvalue weighted by Gasteiger charge is -2.13. The number of alkyl halides is 3. The molecule has 0 atom stereocenters. The van der Waals surface area contributed by atoms with E-state index in [9.17, 15) is 27.2 Å². The highest BCUT2D eigenvalue weighted by Crippen LogP contribution is 2.32. The van der Waals surface area contributed by atoms with E-state index in [0.717, 1.165) is 18.2 Å². The molecule has 9 heteroatoms. The molecule has 0 radical (unpaired) electrons. The zero-order chi connectivity index (χ0) is 22.4. The second-order valence-electron chi connectivity index (χ2n) is 6.38. The van der Waals surface area contributed by atoms with Crippen molar-refractivity contribution in [3.63, 3.8) is 0 Å². The van der Waals surface area contributed by atoms with Gasteiger partial charge in [-0.25, -0.2) is 9.18 Å². The summed E-state index contributed by atoms with van der Waals surface area (Å²) < 4.78 is 56.9. The van der Waals surface area contributed by atoms with Crippen LogP contribution in [0.3, 0.4) is 0 Å². The van der Waals surface area contributed by atoms with Crippen molar-refractivity contribution in [3.05, 3.63) is 89.7 Å². The van der Waals surface area contributed by atoms with E-state index in [1.807, 2.05) is 0 Å². The van der Waals surface area contributed by atoms with Crippen molar-refractivity contribution >= 4 is 28.9 Å². The van der Waals surface area contributed by atoms with Crippen LogP contribution < -0.4 is 10.6 Å². The van der Waals surface area contributed by atoms with Crippen LogP contribution in [0.4, 0.5) is 34.6 Å². The standard InChI is InChI=1S/C22H16F4N2O3/c23-15-6-4-8-17(12-15)28-20(29)13-31-21(30)18-9-1-2-10-19(18)27-16-7-3-5-14(11-16)22(24,25)26/h1-12,27H,13H2,(H,28,29). The van der Waals surface area contributed by atoms with Crippen LogP contribution in [0.5, 0.6) is 0 Å². The number of hydrogen-bond acceptors (Lipinski definition) is 4. The van der Waals surface area contributed by atoms with Gasteiger partial charge in [0.05, 0.1) is 16.8 Å². The molecule has 1 amide bonds. The number of carbonyl (C=O) groups is 2. The van der Waals surface area contributed by atoms with Gasteiger partial charge in [-0.05, 0) is 48.5 Å². The fourth-order valence-corrected chi connectivity index (χ4v) is 2.67. The van der Waals surface area contributed by atoms with Crippen LogP contribution in [-0.2, 0) is 15.7 Å². The van der Waals surface area contributed by atoms with Gasteiger partial charge in [0.2, 0.25) is 0 Å². The number of rotatable bonds is 6. The lowest BCUT2D eigenvalue weighted by molar-refractivity contribution is -0.137. The molecule has 31 heavy (non-hydrogen) atoms. The van der Waals surface area contributed by atoms with Gasteiger partial charge in [-0.2, -0.15) is 13.2 Å². The Morgan fingerprint density at radius 1 is 0.871 bits per heavy atom. The van der Waals surface area contributed by atoms with Gasteiger partial charge in [0.25, 0.3) is 5.91 Å². The summed E-state index contributed by atoms with van der Waals surface area (Å²) in [5.41, 5.74) is -0.283. The Bertz CT molecular complexity index is 1100. The number of ether oxygens (including phenoxy) is 1. The highest BCUT2D eigenvalue weighted by molar-refractivity contribution is 5.99. The number of amides is 1. The minimum Gasteiger partial charge on any atom is -0.452 e. The lowest BCUT2D eigenvalue weighted by atomic mass is 10.1. The SMILES string of the molecule is O=C(COC(=O)c1ccccc1Nc1cccc(C(F)(F)F)c1)Nc1cccc(F)c1. The molecule has 0 saturated carbocycles. The molecule has 0 bridgehead atoms. The highest BCUT2D eigenvalue weighted by Gasteiger charge is 2.30. The quantitative estimate of drug-likeness (QED) is 0.405. The maximum absolute atomic E-state index is 13.2. The van der Waals surface area contributed by atoms with Gasteiger partial charge in [-0.3, -0.25) is 4.79 Å². The molecular weight excluding hydrogens is 416 g/mol. The first-order valence-corrected chi connectivity index (χ1v) is 8.98. The molecule has 0 saturated heterocycles. The summed E-state index contributed by atoms with van der Waals surface area (Å²) in [4.78, 5) is 24.3. The predicted octanol–water partition coefficient (Wildman–Crippen LogP) is 5.38. The molecule has 0 aliphatic rings. The van der Waals surface area contributed by atoms with E-state index in [0.29, 0.717) is 0 Å². The maximum atomic E-state index is 13.2. The Morgan fingerprint density at radius 3 is 2.32 bits per heavy atom. The number of hydrogen-bond donors (Lipinski definition) is 2. The van der Waals surface area contributed by atoms with Gasteiger partial charge in [0, 0.05) is 11.4 Å². The summed E-state index contributed by atoms with van der Waals surface area (Å²) in [7, 11) is 0. The zero-order valence-corrected chi connectivity index (χ0v) is 15.9. The summed E-state index contributed by atoms with van der Waals surface area (Å²) in [6.45, 7) is -0.632. The number of benzene rings is 3. The van der Waals surface area contributed by atoms with Crippen molar-refractivity contribution in [1.82, 2.24) is 0 Å². The molecule has 0 aliphatic carbocycles. The Balaban J connectivity index is 1.67. The fourth-order valence-electron chi connectivity index (χ4n) is 2.67. The summed E-state index contributed by atoms with van der Waals surface area (Å²) in [6, 6.07) is 15.7. The third-order valence-electron chi connectivity index (χ3n) is 4.06. The van der Waals surface area contributed by atoms with Crippen molar-refractivity contribution in [2.75, 3.05) is 17.2 Å². The van der Waals surface area contributed by atoms with Crippen molar-refractivity contribution in [1.29, 1.82) is 0 Å². The molecule has 160 valence electrons. The second-order valence-corrected chi connectivity index (χ2v) is 6.38. The third-order valence-corrected chi connectivity index (χ3v) is 4.06. The molecule has 3 aromatic rings. The van der Waals surface area contributed by atoms with Crippen LogP contribution in [-0.4, -0.2) is 18.5 Å². The summed E-state index contributed by atoms with van der Waals surface area (Å²) in [5, 5.41) is 5.14. The van der Waals surface area contributed by atoms with Crippen LogP contribution in [0.15, 0.2) is 72.8 Å². The normalized spacial score (nSPS) is 11.0. The molecule has 0 heterocycles. The minimum atomic E-state index is -4.51. The molecule has 3 rings (SSSR count). The van der Waals surface area contributed by atoms with Gasteiger partial charge in [0.15, 0.2) is 6.61 Å². The Labute approximate surface area is 174 Å². The molecule has 0 spiro atoms. The number of carbonyl (C=O) groups excluding carboxylic acids is 2. The second kappa shape index (κ2) is 9.29. The lowest BCUT2D eigenvalue weighted by Crippen LogP contribution is -2.21. The zero-order valence-electron chi connectivity index (χ0n) is 15.9. The van der Waals surface area contributed by atoms with Crippen LogP contribution >= 0.6 is 0 Å². The van der Waals surface area contributed by atoms with Crippen molar-refractivity contribution in [3.8, 4) is 0 Å². The van der Waals surface area contributed by atoms with E-state index in [-0.39, 0.29) is 22.6 Å². The van der Waals surface area contributed by atoms with Crippen molar-refractivity contribution in [2.24, 2.45) is 0 Å². The van der Waals surface area contributed by atoms with E-state index >= 15 is 0 Å². The summed E-state index contributed by atoms with van der Waals surface area (Å²) in [6.07, 6.45) is -4.51. The largest absolute Gasteiger partial charge is 0.452 e. The number of esters is 1. The van der Waals surface area contributed by atoms with E-state index in [4.69, 9.17) is 4.74 Å². The number of anilines is 3. The molecular formula is C22H16F4N2O3. The van der Waals surface area contributed by atoms with Crippen LogP contribution in [0.2, 0.25) is 0 Å². The number of halogens is 4. The molecule has 0 fully saturated rings. The van der Waals surface area contributed by atoms with Gasteiger partial charge >= 0.3 is 12.1 Å². The summed E-state index contributed by atoms with van der Waals surface area (Å²) in [5.74, 6) is -2.07. The summed E-state index contributed by atoms with van der Waals surface area (Å²) >= 11 is 0. The fraction of sp³-hybridized carbons (Fsp3) is 0.0909. The topological polar surface area (TPSA) is 67.4 Å². The van der Waals surface area contributed by atoms with Gasteiger partial charge in [-0.1, -0.05) is 24.3 Å². The average Bonchev–Trinajstić information content (AvgIpc) is 2.72. The predicted molar refractivity (Wildman–Crippen MR) is 106 cm³/mol. The van der Waals surface area contributed by atoms with E-state index in [2.05, 4.69) is 10.6 Å². The molecule has 0 aromatic heterocycles. The van der Waals surface area contributed by atoms with Crippen LogP contribution in [0.1, 0.15) is 15.9 Å². The van der Waals surface area contributed by atoms with Gasteiger partial charge in [0.1, 0.15) is 5.82 Å². The highest BCUT2D eigenvalue weighted by atomic mass is 19.4. The first-order chi connectivity index (χ1) is 14.7. The molecule has 3 aromatic carbocycles. The van der Waals surface area contributed by atoms with E-state index in [1.54, 1.807) is 12.1 Å². The van der Waals surface area contributed by atoms with Crippen LogP contribution in [0.25, 0.3) is 0 Å². The molecule has 0 aliphatic heterocycles. The smallest absolute Gasteiger partial charge is 0.416 e. The van der Waals surface area contributed by atoms with Gasteiger partial charge in [-0.15, -0.1) is 0 Å². The average molecular weight is 432 g/mol. The first kappa shape index (κ1) is 21.8. The molecule has 0 unspecified atom stereocenters. The molecule has 2 N–H and O–H groups in total. The Hall–Kier alpha value is -3.88. The van der Waals surface area contributed by atoms with E-state index in [1.165, 1.54) is 42.5 Å². The maximum Gasteiger partial charge on any atom is 0.416 e. The third kappa shape index (κ3) is 6.05. The van der Waals surface area contributed by atoms with Crippen LogP contribution in [0, 0.1) is 5.82 Å². The van der Waals surface area contributed by atoms with Crippen molar-refractivity contribution in [2.45, 2.75) is 6.18 Å². The Kier molecular flexibility index (Phi) is 6.54.